The van der Waals surface area contributed by atoms with E-state index in [0.717, 1.165) is 24.2 Å². The summed E-state index contributed by atoms with van der Waals surface area (Å²) in [6, 6.07) is 0. The van der Waals surface area contributed by atoms with Crippen molar-refractivity contribution in [1.82, 2.24) is 0 Å². The van der Waals surface area contributed by atoms with Crippen LogP contribution in [0.4, 0.5) is 0 Å². The van der Waals surface area contributed by atoms with E-state index in [1.165, 1.54) is 13.3 Å². The van der Waals surface area contributed by atoms with Crippen LogP contribution in [0.1, 0.15) is 33.6 Å². The number of rotatable bonds is 1. The van der Waals surface area contributed by atoms with Gasteiger partial charge in [-0.05, 0) is 36.5 Å². The van der Waals surface area contributed by atoms with Gasteiger partial charge in [0.05, 0.1) is 0 Å². The van der Waals surface area contributed by atoms with Crippen LogP contribution >= 0.6 is 0 Å². The molecule has 2 aliphatic carbocycles. The molecule has 0 heterocycles. The molecule has 0 radical (unpaired) electrons. The van der Waals surface area contributed by atoms with Crippen LogP contribution in [0.25, 0.3) is 0 Å². The van der Waals surface area contributed by atoms with Gasteiger partial charge in [-0.1, -0.05) is 13.8 Å². The molecule has 2 heteroatoms. The fourth-order valence-corrected chi connectivity index (χ4v) is 3.22. The van der Waals surface area contributed by atoms with Crippen molar-refractivity contribution >= 4 is 5.97 Å². The van der Waals surface area contributed by atoms with Gasteiger partial charge >= 0.3 is 5.97 Å². The van der Waals surface area contributed by atoms with Gasteiger partial charge in [0.25, 0.3) is 0 Å². The highest BCUT2D eigenvalue weighted by Gasteiger charge is 2.50. The van der Waals surface area contributed by atoms with Gasteiger partial charge in [-0.15, -0.1) is 0 Å². The molecular weight excluding hydrogens is 164 g/mol. The van der Waals surface area contributed by atoms with Crippen LogP contribution in [-0.4, -0.2) is 12.1 Å². The van der Waals surface area contributed by atoms with Gasteiger partial charge in [-0.2, -0.15) is 0 Å². The third kappa shape index (κ3) is 1.36. The molecule has 2 aliphatic rings. The van der Waals surface area contributed by atoms with Crippen molar-refractivity contribution in [2.75, 3.05) is 0 Å². The highest BCUT2D eigenvalue weighted by atomic mass is 16.5. The van der Waals surface area contributed by atoms with Gasteiger partial charge in [0, 0.05) is 6.92 Å². The zero-order valence-electron chi connectivity index (χ0n) is 8.62. The number of esters is 1. The lowest BCUT2D eigenvalue weighted by Crippen LogP contribution is -2.31. The Morgan fingerprint density at radius 1 is 1.23 bits per heavy atom. The molecule has 0 aromatic heterocycles. The van der Waals surface area contributed by atoms with Gasteiger partial charge < -0.3 is 4.74 Å². The lowest BCUT2D eigenvalue weighted by molar-refractivity contribution is -0.150. The molecule has 0 aliphatic heterocycles. The Labute approximate surface area is 79.7 Å². The Balaban J connectivity index is 2.02. The van der Waals surface area contributed by atoms with E-state index < -0.39 is 0 Å². The number of ether oxygens (including phenoxy) is 1. The molecule has 0 spiro atoms. The van der Waals surface area contributed by atoms with Crippen LogP contribution in [0.15, 0.2) is 0 Å². The lowest BCUT2D eigenvalue weighted by Gasteiger charge is -2.30. The minimum absolute atomic E-state index is 0.114. The number of hydrogen-bond acceptors (Lipinski definition) is 2. The standard InChI is InChI=1S/C11H18O2/c1-6-7(2)10-4-9(6)5-11(10)13-8(3)12/h6-7,9-11H,4-5H2,1-3H3/t6?,7?,9-,10-,11?/m1/s1. The molecule has 5 atom stereocenters. The predicted molar refractivity (Wildman–Crippen MR) is 50.1 cm³/mol. The molecule has 2 saturated carbocycles. The zero-order valence-corrected chi connectivity index (χ0v) is 8.62. The SMILES string of the molecule is CC(=O)OC1C[C@H]2C[C@@H]1C(C)C2C. The maximum Gasteiger partial charge on any atom is 0.302 e. The minimum Gasteiger partial charge on any atom is -0.462 e. The molecular formula is C11H18O2. The third-order valence-corrected chi connectivity index (χ3v) is 4.15. The minimum atomic E-state index is -0.114. The Morgan fingerprint density at radius 3 is 2.38 bits per heavy atom. The summed E-state index contributed by atoms with van der Waals surface area (Å²) < 4.78 is 5.32. The Kier molecular flexibility index (Phi) is 2.09. The van der Waals surface area contributed by atoms with Gasteiger partial charge in [0.2, 0.25) is 0 Å². The van der Waals surface area contributed by atoms with Crippen molar-refractivity contribution < 1.29 is 9.53 Å². The number of fused-ring (bicyclic) bond motifs is 2. The third-order valence-electron chi connectivity index (χ3n) is 4.15. The van der Waals surface area contributed by atoms with E-state index in [0.29, 0.717) is 5.92 Å². The van der Waals surface area contributed by atoms with Gasteiger partial charge in [0.1, 0.15) is 6.10 Å². The molecule has 0 amide bonds. The maximum atomic E-state index is 10.8. The summed E-state index contributed by atoms with van der Waals surface area (Å²) in [5.41, 5.74) is 0. The molecule has 74 valence electrons. The first-order chi connectivity index (χ1) is 6.09. The molecule has 0 aromatic carbocycles. The van der Waals surface area contributed by atoms with Crippen molar-refractivity contribution in [2.45, 2.75) is 39.7 Å². The molecule has 0 aromatic rings. The second-order valence-electron chi connectivity index (χ2n) is 4.76. The summed E-state index contributed by atoms with van der Waals surface area (Å²) in [5.74, 6) is 2.91. The highest BCUT2D eigenvalue weighted by Crippen LogP contribution is 2.52. The number of hydrogen-bond donors (Lipinski definition) is 0. The van der Waals surface area contributed by atoms with Crippen LogP contribution in [-0.2, 0) is 9.53 Å². The summed E-state index contributed by atoms with van der Waals surface area (Å²) in [4.78, 5) is 10.8. The predicted octanol–water partition coefficient (Wildman–Crippen LogP) is 2.23. The van der Waals surface area contributed by atoms with Crippen molar-refractivity contribution in [3.8, 4) is 0 Å². The van der Waals surface area contributed by atoms with Crippen molar-refractivity contribution in [3.63, 3.8) is 0 Å². The molecule has 2 nitrogen and oxygen atoms in total. The average molecular weight is 182 g/mol. The van der Waals surface area contributed by atoms with E-state index in [1.807, 2.05) is 0 Å². The number of carbonyl (C=O) groups is 1. The summed E-state index contributed by atoms with van der Waals surface area (Å²) in [6.07, 6.45) is 2.62. The van der Waals surface area contributed by atoms with E-state index in [1.54, 1.807) is 0 Å². The van der Waals surface area contributed by atoms with Crippen LogP contribution in [0.3, 0.4) is 0 Å². The molecule has 3 unspecified atom stereocenters. The van der Waals surface area contributed by atoms with E-state index >= 15 is 0 Å². The summed E-state index contributed by atoms with van der Waals surface area (Å²) >= 11 is 0. The number of carbonyl (C=O) groups excluding carboxylic acids is 1. The second-order valence-corrected chi connectivity index (χ2v) is 4.76. The molecule has 13 heavy (non-hydrogen) atoms. The van der Waals surface area contributed by atoms with Crippen molar-refractivity contribution in [2.24, 2.45) is 23.7 Å². The second kappa shape index (κ2) is 3.00. The van der Waals surface area contributed by atoms with Gasteiger partial charge in [0.15, 0.2) is 0 Å². The van der Waals surface area contributed by atoms with Crippen molar-refractivity contribution in [1.29, 1.82) is 0 Å². The van der Waals surface area contributed by atoms with Gasteiger partial charge in [-0.3, -0.25) is 4.79 Å². The van der Waals surface area contributed by atoms with E-state index in [-0.39, 0.29) is 12.1 Å². The lowest BCUT2D eigenvalue weighted by atomic mass is 9.80. The van der Waals surface area contributed by atoms with Gasteiger partial charge in [-0.25, -0.2) is 0 Å². The first kappa shape index (κ1) is 9.04. The Morgan fingerprint density at radius 2 is 1.92 bits per heavy atom. The zero-order chi connectivity index (χ0) is 9.59. The molecule has 2 bridgehead atoms. The quantitative estimate of drug-likeness (QED) is 0.581. The maximum absolute atomic E-state index is 10.8. The molecule has 0 N–H and O–H groups in total. The average Bonchev–Trinajstić information content (AvgIpc) is 2.53. The monoisotopic (exact) mass is 182 g/mol. The van der Waals surface area contributed by atoms with Crippen molar-refractivity contribution in [3.05, 3.63) is 0 Å². The van der Waals surface area contributed by atoms with E-state index in [2.05, 4.69) is 13.8 Å². The molecule has 2 rings (SSSR count). The smallest absolute Gasteiger partial charge is 0.302 e. The fraction of sp³-hybridized carbons (Fsp3) is 0.909. The summed E-state index contributed by atoms with van der Waals surface area (Å²) in [7, 11) is 0. The largest absolute Gasteiger partial charge is 0.462 e. The van der Waals surface area contributed by atoms with Crippen LogP contribution in [0, 0.1) is 23.7 Å². The summed E-state index contributed by atoms with van der Waals surface area (Å²) in [5, 5.41) is 0. The fourth-order valence-electron chi connectivity index (χ4n) is 3.22. The van der Waals surface area contributed by atoms with E-state index in [9.17, 15) is 4.79 Å². The first-order valence-corrected chi connectivity index (χ1v) is 5.26. The Bertz CT molecular complexity index is 222. The van der Waals surface area contributed by atoms with Crippen LogP contribution in [0.5, 0.6) is 0 Å². The van der Waals surface area contributed by atoms with E-state index in [4.69, 9.17) is 4.74 Å². The molecule has 2 fully saturated rings. The highest BCUT2D eigenvalue weighted by molar-refractivity contribution is 5.66. The first-order valence-electron chi connectivity index (χ1n) is 5.26. The summed E-state index contributed by atoms with van der Waals surface area (Å²) in [6.45, 7) is 6.14. The van der Waals surface area contributed by atoms with Crippen LogP contribution < -0.4 is 0 Å². The molecule has 0 saturated heterocycles. The van der Waals surface area contributed by atoms with Crippen LogP contribution in [0.2, 0.25) is 0 Å². The Hall–Kier alpha value is -0.530. The topological polar surface area (TPSA) is 26.3 Å². The normalized spacial score (nSPS) is 48.1.